The van der Waals surface area contributed by atoms with Crippen molar-refractivity contribution in [3.8, 4) is 0 Å². The van der Waals surface area contributed by atoms with Crippen molar-refractivity contribution in [3.05, 3.63) is 0 Å². The summed E-state index contributed by atoms with van der Waals surface area (Å²) >= 11 is 0. The Labute approximate surface area is 108 Å². The Morgan fingerprint density at radius 2 is 1.29 bits per heavy atom. The maximum absolute atomic E-state index is 5.74. The molecule has 0 spiro atoms. The van der Waals surface area contributed by atoms with E-state index in [9.17, 15) is 0 Å². The van der Waals surface area contributed by atoms with Gasteiger partial charge in [-0.3, -0.25) is 0 Å². The summed E-state index contributed by atoms with van der Waals surface area (Å²) in [6.07, 6.45) is 7.74. The predicted molar refractivity (Wildman–Crippen MR) is 74.2 cm³/mol. The minimum Gasteiger partial charge on any atom is -0.377 e. The van der Waals surface area contributed by atoms with Gasteiger partial charge in [-0.15, -0.1) is 0 Å². The second kappa shape index (κ2) is 11.2. The lowest BCUT2D eigenvalue weighted by Gasteiger charge is -2.27. The third kappa shape index (κ3) is 7.92. The van der Waals surface area contributed by atoms with Gasteiger partial charge in [0.1, 0.15) is 0 Å². The summed E-state index contributed by atoms with van der Waals surface area (Å²) in [5.74, 6) is 0. The van der Waals surface area contributed by atoms with Crippen molar-refractivity contribution in [3.63, 3.8) is 0 Å². The van der Waals surface area contributed by atoms with Gasteiger partial charge in [-0.25, -0.2) is 0 Å². The van der Waals surface area contributed by atoms with E-state index in [-0.39, 0.29) is 0 Å². The largest absolute Gasteiger partial charge is 0.500 e. The average Bonchev–Trinajstić information content (AvgIpc) is 2.34. The zero-order valence-corrected chi connectivity index (χ0v) is 13.1. The third-order valence-electron chi connectivity index (χ3n) is 2.88. The van der Waals surface area contributed by atoms with Crippen molar-refractivity contribution in [2.75, 3.05) is 20.3 Å². The summed E-state index contributed by atoms with van der Waals surface area (Å²) in [4.78, 5) is 0. The molecule has 0 aliphatic rings. The lowest BCUT2D eigenvalue weighted by Crippen LogP contribution is -2.44. The quantitative estimate of drug-likeness (QED) is 0.393. The Morgan fingerprint density at radius 3 is 1.76 bits per heavy atom. The van der Waals surface area contributed by atoms with E-state index in [4.69, 9.17) is 13.3 Å². The summed E-state index contributed by atoms with van der Waals surface area (Å²) in [5.41, 5.74) is 0. The minimum absolute atomic E-state index is 0.676. The molecule has 17 heavy (non-hydrogen) atoms. The summed E-state index contributed by atoms with van der Waals surface area (Å²) in [5, 5.41) is 0. The van der Waals surface area contributed by atoms with Gasteiger partial charge in [-0.05, 0) is 20.3 Å². The Kier molecular flexibility index (Phi) is 11.3. The molecule has 0 atom stereocenters. The Balaban J connectivity index is 3.82. The van der Waals surface area contributed by atoms with Crippen LogP contribution in [0.5, 0.6) is 0 Å². The van der Waals surface area contributed by atoms with Crippen LogP contribution in [-0.2, 0) is 13.3 Å². The molecule has 0 aromatic carbocycles. The molecule has 0 rings (SSSR count). The van der Waals surface area contributed by atoms with Crippen LogP contribution in [0.1, 0.15) is 59.3 Å². The summed E-state index contributed by atoms with van der Waals surface area (Å²) in [6, 6.07) is 0.956. The maximum Gasteiger partial charge on any atom is 0.500 e. The van der Waals surface area contributed by atoms with Gasteiger partial charge in [0.15, 0.2) is 0 Å². The van der Waals surface area contributed by atoms with Crippen LogP contribution in [0.25, 0.3) is 0 Å². The van der Waals surface area contributed by atoms with Crippen LogP contribution in [0.15, 0.2) is 0 Å². The normalized spacial score (nSPS) is 12.0. The van der Waals surface area contributed by atoms with Crippen molar-refractivity contribution < 1.29 is 13.3 Å². The van der Waals surface area contributed by atoms with Gasteiger partial charge in [0.25, 0.3) is 0 Å². The van der Waals surface area contributed by atoms with E-state index in [0.29, 0.717) is 13.2 Å². The van der Waals surface area contributed by atoms with Crippen LogP contribution in [0.2, 0.25) is 6.04 Å². The molecule has 0 aromatic heterocycles. The van der Waals surface area contributed by atoms with Gasteiger partial charge in [0, 0.05) is 26.4 Å². The van der Waals surface area contributed by atoms with E-state index in [1.165, 1.54) is 32.1 Å². The molecule has 0 unspecified atom stereocenters. The first-order chi connectivity index (χ1) is 8.24. The van der Waals surface area contributed by atoms with Crippen molar-refractivity contribution in [1.82, 2.24) is 0 Å². The molecule has 0 N–H and O–H groups in total. The van der Waals surface area contributed by atoms with Crippen LogP contribution in [0.3, 0.4) is 0 Å². The van der Waals surface area contributed by atoms with Crippen molar-refractivity contribution >= 4 is 8.80 Å². The van der Waals surface area contributed by atoms with E-state index in [0.717, 1.165) is 12.5 Å². The monoisotopic (exact) mass is 262 g/mol. The molecule has 104 valence electrons. The summed E-state index contributed by atoms with van der Waals surface area (Å²) in [6.45, 7) is 7.60. The fraction of sp³-hybridized carbons (Fsp3) is 1.00. The zero-order valence-electron chi connectivity index (χ0n) is 12.1. The van der Waals surface area contributed by atoms with Gasteiger partial charge in [0.05, 0.1) is 0 Å². The third-order valence-corrected chi connectivity index (χ3v) is 5.92. The first-order valence-corrected chi connectivity index (χ1v) is 9.00. The molecular formula is C13H30O3Si. The first kappa shape index (κ1) is 17.1. The molecule has 0 radical (unpaired) electrons. The van der Waals surface area contributed by atoms with Crippen LogP contribution in [0, 0.1) is 0 Å². The molecule has 0 aromatic rings. The zero-order chi connectivity index (χ0) is 13.0. The van der Waals surface area contributed by atoms with Crippen LogP contribution < -0.4 is 0 Å². The standard InChI is InChI=1S/C13H30O3Si/c1-5-8-9-10-11-12-13-17(14-4,15-6-2)16-7-3/h5-13H2,1-4H3. The van der Waals surface area contributed by atoms with Gasteiger partial charge >= 0.3 is 8.80 Å². The second-order valence-electron chi connectivity index (χ2n) is 4.27. The smallest absolute Gasteiger partial charge is 0.377 e. The fourth-order valence-electron chi connectivity index (χ4n) is 1.97. The molecule has 0 heterocycles. The fourth-order valence-corrected chi connectivity index (χ4v) is 4.34. The van der Waals surface area contributed by atoms with Crippen LogP contribution in [0.4, 0.5) is 0 Å². The van der Waals surface area contributed by atoms with E-state index >= 15 is 0 Å². The second-order valence-corrected chi connectivity index (χ2v) is 7.12. The Hall–Kier alpha value is 0.0969. The molecule has 0 bridgehead atoms. The minimum atomic E-state index is -2.34. The number of hydrogen-bond acceptors (Lipinski definition) is 3. The van der Waals surface area contributed by atoms with Crippen molar-refractivity contribution in [2.24, 2.45) is 0 Å². The summed E-state index contributed by atoms with van der Waals surface area (Å²) in [7, 11) is -0.621. The molecule has 0 aliphatic carbocycles. The maximum atomic E-state index is 5.74. The van der Waals surface area contributed by atoms with E-state index in [2.05, 4.69) is 6.92 Å². The molecule has 0 fully saturated rings. The highest BCUT2D eigenvalue weighted by atomic mass is 28.4. The lowest BCUT2D eigenvalue weighted by molar-refractivity contribution is 0.0859. The summed E-state index contributed by atoms with van der Waals surface area (Å²) < 4.78 is 17.0. The lowest BCUT2D eigenvalue weighted by atomic mass is 10.1. The SMILES string of the molecule is CCCCCCCC[Si](OC)(OCC)OCC. The Morgan fingerprint density at radius 1 is 0.765 bits per heavy atom. The molecule has 0 aliphatic heterocycles. The molecule has 4 heteroatoms. The molecule has 0 saturated carbocycles. The van der Waals surface area contributed by atoms with Gasteiger partial charge in [-0.1, -0.05) is 39.0 Å². The van der Waals surface area contributed by atoms with Gasteiger partial charge in [0.2, 0.25) is 0 Å². The van der Waals surface area contributed by atoms with E-state index in [1.807, 2.05) is 13.8 Å². The highest BCUT2D eigenvalue weighted by Crippen LogP contribution is 2.19. The predicted octanol–water partition coefficient (Wildman–Crippen LogP) is 4.01. The van der Waals surface area contributed by atoms with Crippen LogP contribution in [-0.4, -0.2) is 29.1 Å². The first-order valence-electron chi connectivity index (χ1n) is 7.07. The number of hydrogen-bond donors (Lipinski definition) is 0. The van der Waals surface area contributed by atoms with Gasteiger partial charge in [-0.2, -0.15) is 0 Å². The number of unbranched alkanes of at least 4 members (excludes halogenated alkanes) is 5. The molecule has 3 nitrogen and oxygen atoms in total. The highest BCUT2D eigenvalue weighted by molar-refractivity contribution is 6.60. The van der Waals surface area contributed by atoms with Crippen molar-refractivity contribution in [1.29, 1.82) is 0 Å². The van der Waals surface area contributed by atoms with Crippen LogP contribution >= 0.6 is 0 Å². The number of rotatable bonds is 12. The molecule has 0 saturated heterocycles. The highest BCUT2D eigenvalue weighted by Gasteiger charge is 2.38. The van der Waals surface area contributed by atoms with Gasteiger partial charge < -0.3 is 13.3 Å². The average molecular weight is 262 g/mol. The topological polar surface area (TPSA) is 27.7 Å². The van der Waals surface area contributed by atoms with E-state index < -0.39 is 8.80 Å². The van der Waals surface area contributed by atoms with Crippen molar-refractivity contribution in [2.45, 2.75) is 65.3 Å². The Bertz CT molecular complexity index is 159. The molecular weight excluding hydrogens is 232 g/mol. The van der Waals surface area contributed by atoms with E-state index in [1.54, 1.807) is 7.11 Å². The molecule has 0 amide bonds.